The summed E-state index contributed by atoms with van der Waals surface area (Å²) in [6, 6.07) is 15.5. The molecule has 0 radical (unpaired) electrons. The molecule has 1 fully saturated rings. The maximum absolute atomic E-state index is 13.2. The lowest BCUT2D eigenvalue weighted by molar-refractivity contribution is -0.159. The molecule has 2 aromatic rings. The molecule has 1 atom stereocenters. The highest BCUT2D eigenvalue weighted by Crippen LogP contribution is 2.44. The van der Waals surface area contributed by atoms with Crippen LogP contribution in [0.4, 0.5) is 11.4 Å². The monoisotopic (exact) mass is 407 g/mol. The van der Waals surface area contributed by atoms with Gasteiger partial charge in [-0.15, -0.1) is 0 Å². The lowest BCUT2D eigenvalue weighted by atomic mass is 9.96. The molecule has 2 aliphatic rings. The van der Waals surface area contributed by atoms with Crippen LogP contribution < -0.4 is 10.2 Å². The van der Waals surface area contributed by atoms with Gasteiger partial charge in [0.05, 0.1) is 11.3 Å². The Morgan fingerprint density at radius 1 is 1.07 bits per heavy atom. The summed E-state index contributed by atoms with van der Waals surface area (Å²) in [6.07, 6.45) is 0.211. The zero-order chi connectivity index (χ0) is 21.3. The highest BCUT2D eigenvalue weighted by Gasteiger charge is 2.61. The van der Waals surface area contributed by atoms with Gasteiger partial charge >= 0.3 is 5.97 Å². The Hall–Kier alpha value is -3.68. The maximum Gasteiger partial charge on any atom is 0.354 e. The highest BCUT2D eigenvalue weighted by molar-refractivity contribution is 6.15. The molecule has 0 aromatic heterocycles. The SMILES string of the molecule is CCN1C(=O)c2ccccc2N2C(=O)CC[C@]12C(=O)OCC(=O)Nc1ccccc1. The van der Waals surface area contributed by atoms with E-state index in [9.17, 15) is 19.2 Å². The number of para-hydroxylation sites is 2. The van der Waals surface area contributed by atoms with Crippen molar-refractivity contribution < 1.29 is 23.9 Å². The Bertz CT molecular complexity index is 1020. The molecular formula is C22H21N3O5. The molecule has 8 heteroatoms. The zero-order valence-corrected chi connectivity index (χ0v) is 16.5. The summed E-state index contributed by atoms with van der Waals surface area (Å²) < 4.78 is 5.33. The molecule has 2 heterocycles. The Morgan fingerprint density at radius 2 is 1.77 bits per heavy atom. The normalized spacial score (nSPS) is 19.9. The summed E-state index contributed by atoms with van der Waals surface area (Å²) in [7, 11) is 0. The van der Waals surface area contributed by atoms with E-state index in [1.54, 1.807) is 55.5 Å². The number of ether oxygens (including phenoxy) is 1. The first-order valence-corrected chi connectivity index (χ1v) is 9.75. The Kier molecular flexibility index (Phi) is 4.99. The van der Waals surface area contributed by atoms with Crippen LogP contribution in [0.1, 0.15) is 30.1 Å². The second kappa shape index (κ2) is 7.62. The fourth-order valence-electron chi connectivity index (χ4n) is 4.14. The number of fused-ring (bicyclic) bond motifs is 3. The quantitative estimate of drug-likeness (QED) is 0.767. The van der Waals surface area contributed by atoms with Crippen LogP contribution in [0.3, 0.4) is 0 Å². The van der Waals surface area contributed by atoms with Crippen LogP contribution in [0.15, 0.2) is 54.6 Å². The number of carbonyl (C=O) groups is 4. The van der Waals surface area contributed by atoms with Crippen LogP contribution in [0.5, 0.6) is 0 Å². The van der Waals surface area contributed by atoms with E-state index in [2.05, 4.69) is 5.32 Å². The average Bonchev–Trinajstić information content (AvgIpc) is 3.11. The number of amides is 3. The van der Waals surface area contributed by atoms with E-state index >= 15 is 0 Å². The lowest BCUT2D eigenvalue weighted by Crippen LogP contribution is -2.68. The van der Waals surface area contributed by atoms with Gasteiger partial charge in [0.1, 0.15) is 0 Å². The molecule has 0 aliphatic carbocycles. The minimum Gasteiger partial charge on any atom is -0.452 e. The van der Waals surface area contributed by atoms with Crippen LogP contribution in [-0.2, 0) is 19.1 Å². The molecule has 1 saturated heterocycles. The first-order chi connectivity index (χ1) is 14.5. The van der Waals surface area contributed by atoms with Gasteiger partial charge in [-0.3, -0.25) is 19.3 Å². The number of rotatable bonds is 5. The number of nitrogens with zero attached hydrogens (tertiary/aromatic N) is 2. The summed E-state index contributed by atoms with van der Waals surface area (Å²) in [5.41, 5.74) is -0.254. The first kappa shape index (κ1) is 19.6. The van der Waals surface area contributed by atoms with E-state index in [1.165, 1.54) is 9.80 Å². The van der Waals surface area contributed by atoms with Gasteiger partial charge in [0, 0.05) is 25.1 Å². The predicted molar refractivity (Wildman–Crippen MR) is 109 cm³/mol. The minimum absolute atomic E-state index is 0.101. The largest absolute Gasteiger partial charge is 0.452 e. The molecule has 2 aliphatic heterocycles. The van der Waals surface area contributed by atoms with Gasteiger partial charge in [0.15, 0.2) is 6.61 Å². The molecule has 0 unspecified atom stereocenters. The van der Waals surface area contributed by atoms with Crippen molar-refractivity contribution in [2.45, 2.75) is 25.4 Å². The molecule has 3 amide bonds. The van der Waals surface area contributed by atoms with Gasteiger partial charge in [-0.05, 0) is 31.2 Å². The van der Waals surface area contributed by atoms with Crippen molar-refractivity contribution in [3.05, 3.63) is 60.2 Å². The maximum atomic E-state index is 13.2. The molecule has 30 heavy (non-hydrogen) atoms. The first-order valence-electron chi connectivity index (χ1n) is 9.75. The minimum atomic E-state index is -1.58. The van der Waals surface area contributed by atoms with E-state index in [-0.39, 0.29) is 31.2 Å². The molecule has 8 nitrogen and oxygen atoms in total. The number of hydrogen-bond donors (Lipinski definition) is 1. The topological polar surface area (TPSA) is 96.0 Å². The van der Waals surface area contributed by atoms with E-state index in [4.69, 9.17) is 4.74 Å². The van der Waals surface area contributed by atoms with Crippen molar-refractivity contribution in [1.29, 1.82) is 0 Å². The van der Waals surface area contributed by atoms with Gasteiger partial charge in [-0.25, -0.2) is 4.79 Å². The summed E-state index contributed by atoms with van der Waals surface area (Å²) >= 11 is 0. The number of anilines is 2. The van der Waals surface area contributed by atoms with E-state index < -0.39 is 24.1 Å². The Morgan fingerprint density at radius 3 is 2.50 bits per heavy atom. The van der Waals surface area contributed by atoms with Gasteiger partial charge < -0.3 is 15.0 Å². The molecule has 4 rings (SSSR count). The molecule has 154 valence electrons. The summed E-state index contributed by atoms with van der Waals surface area (Å²) in [5, 5.41) is 2.64. The third-order valence-corrected chi connectivity index (χ3v) is 5.41. The zero-order valence-electron chi connectivity index (χ0n) is 16.5. The number of benzene rings is 2. The van der Waals surface area contributed by atoms with Crippen molar-refractivity contribution in [3.63, 3.8) is 0 Å². The van der Waals surface area contributed by atoms with E-state index in [0.717, 1.165) is 0 Å². The second-order valence-corrected chi connectivity index (χ2v) is 7.10. The molecule has 0 spiro atoms. The van der Waals surface area contributed by atoms with Crippen LogP contribution in [0.25, 0.3) is 0 Å². The molecule has 0 bridgehead atoms. The van der Waals surface area contributed by atoms with Crippen molar-refractivity contribution in [2.75, 3.05) is 23.4 Å². The van der Waals surface area contributed by atoms with Crippen LogP contribution >= 0.6 is 0 Å². The average molecular weight is 407 g/mol. The lowest BCUT2D eigenvalue weighted by Gasteiger charge is -2.47. The molecule has 0 saturated carbocycles. The van der Waals surface area contributed by atoms with E-state index in [1.807, 2.05) is 6.07 Å². The standard InChI is InChI=1S/C22H21N3O5/c1-2-24-20(28)16-10-6-7-11-17(16)25-19(27)12-13-22(24,25)21(29)30-14-18(26)23-15-8-4-3-5-9-15/h3-11H,2,12-14H2,1H3,(H,23,26)/t22-/m0/s1. The van der Waals surface area contributed by atoms with Gasteiger partial charge in [-0.1, -0.05) is 30.3 Å². The van der Waals surface area contributed by atoms with Gasteiger partial charge in [0.25, 0.3) is 11.8 Å². The highest BCUT2D eigenvalue weighted by atomic mass is 16.5. The number of nitrogens with one attached hydrogen (secondary N) is 1. The summed E-state index contributed by atoms with van der Waals surface area (Å²) in [4.78, 5) is 54.0. The molecule has 2 aromatic carbocycles. The smallest absolute Gasteiger partial charge is 0.354 e. The fraction of sp³-hybridized carbons (Fsp3) is 0.273. The van der Waals surface area contributed by atoms with Crippen molar-refractivity contribution >= 4 is 35.1 Å². The molecule has 1 N–H and O–H groups in total. The van der Waals surface area contributed by atoms with Gasteiger partial charge in [0.2, 0.25) is 11.6 Å². The van der Waals surface area contributed by atoms with Crippen LogP contribution in [-0.4, -0.2) is 47.4 Å². The number of carbonyl (C=O) groups excluding carboxylic acids is 4. The Balaban J connectivity index is 1.60. The van der Waals surface area contributed by atoms with Crippen molar-refractivity contribution in [2.24, 2.45) is 0 Å². The van der Waals surface area contributed by atoms with Crippen LogP contribution in [0.2, 0.25) is 0 Å². The third kappa shape index (κ3) is 3.01. The second-order valence-electron chi connectivity index (χ2n) is 7.10. The van der Waals surface area contributed by atoms with Gasteiger partial charge in [-0.2, -0.15) is 0 Å². The van der Waals surface area contributed by atoms with Crippen molar-refractivity contribution in [1.82, 2.24) is 4.90 Å². The predicted octanol–water partition coefficient (Wildman–Crippen LogP) is 2.17. The summed E-state index contributed by atoms with van der Waals surface area (Å²) in [5.74, 6) is -1.91. The van der Waals surface area contributed by atoms with Crippen molar-refractivity contribution in [3.8, 4) is 0 Å². The van der Waals surface area contributed by atoms with E-state index in [0.29, 0.717) is 16.9 Å². The summed E-state index contributed by atoms with van der Waals surface area (Å²) in [6.45, 7) is 1.43. The Labute approximate surface area is 173 Å². The number of esters is 1. The number of likely N-dealkylation sites (N-methyl/N-ethyl adjacent to an activating group) is 1. The van der Waals surface area contributed by atoms with Crippen LogP contribution in [0, 0.1) is 0 Å². The fourth-order valence-corrected chi connectivity index (χ4v) is 4.14. The number of hydrogen-bond acceptors (Lipinski definition) is 5. The third-order valence-electron chi connectivity index (χ3n) is 5.41. The molecular weight excluding hydrogens is 386 g/mol.